The second-order valence-electron chi connectivity index (χ2n) is 4.93. The van der Waals surface area contributed by atoms with Crippen LogP contribution in [0.4, 0.5) is 4.39 Å². The van der Waals surface area contributed by atoms with Gasteiger partial charge in [0.25, 0.3) is 0 Å². The van der Waals surface area contributed by atoms with Gasteiger partial charge in [0.2, 0.25) is 0 Å². The number of alkyl halides is 1. The van der Waals surface area contributed by atoms with E-state index in [0.29, 0.717) is 13.0 Å². The third-order valence-corrected chi connectivity index (χ3v) is 3.24. The summed E-state index contributed by atoms with van der Waals surface area (Å²) >= 11 is 0. The quantitative estimate of drug-likeness (QED) is 0.618. The van der Waals surface area contributed by atoms with Gasteiger partial charge in [-0.05, 0) is 33.2 Å². The second kappa shape index (κ2) is 2.92. The smallest absolute Gasteiger partial charge is 0.121 e. The summed E-state index contributed by atoms with van der Waals surface area (Å²) in [7, 11) is 0. The maximum Gasteiger partial charge on any atom is 0.121 e. The van der Waals surface area contributed by atoms with E-state index in [1.807, 2.05) is 0 Å². The van der Waals surface area contributed by atoms with E-state index in [1.54, 1.807) is 6.92 Å². The molecule has 2 saturated heterocycles. The summed E-state index contributed by atoms with van der Waals surface area (Å²) < 4.78 is 18.9. The molecule has 0 spiro atoms. The van der Waals surface area contributed by atoms with Crippen LogP contribution in [0.5, 0.6) is 0 Å². The minimum Gasteiger partial charge on any atom is -0.377 e. The Kier molecular flexibility index (Phi) is 2.11. The van der Waals surface area contributed by atoms with Crippen LogP contribution in [0.3, 0.4) is 0 Å². The number of rotatable bonds is 1. The summed E-state index contributed by atoms with van der Waals surface area (Å²) in [6.45, 7) is 7.01. The van der Waals surface area contributed by atoms with E-state index >= 15 is 0 Å². The summed E-state index contributed by atoms with van der Waals surface area (Å²) in [6.07, 6.45) is 1.68. The topological polar surface area (TPSA) is 12.5 Å². The highest BCUT2D eigenvalue weighted by Crippen LogP contribution is 2.32. The first-order chi connectivity index (χ1) is 6.02. The first kappa shape index (κ1) is 9.41. The molecule has 2 aliphatic rings. The largest absolute Gasteiger partial charge is 0.377 e. The Hall–Kier alpha value is -0.150. The van der Waals surface area contributed by atoms with Crippen LogP contribution in [0, 0.1) is 0 Å². The molecule has 13 heavy (non-hydrogen) atoms. The van der Waals surface area contributed by atoms with Crippen LogP contribution in [-0.2, 0) is 4.74 Å². The van der Waals surface area contributed by atoms with Crippen LogP contribution < -0.4 is 0 Å². The Morgan fingerprint density at radius 3 is 2.46 bits per heavy atom. The number of hydrogen-bond acceptors (Lipinski definition) is 2. The molecule has 0 radical (unpaired) electrons. The van der Waals surface area contributed by atoms with E-state index in [0.717, 1.165) is 26.2 Å². The van der Waals surface area contributed by atoms with Crippen LogP contribution in [0.2, 0.25) is 0 Å². The predicted octanol–water partition coefficient (Wildman–Crippen LogP) is 1.60. The second-order valence-corrected chi connectivity index (χ2v) is 4.93. The average molecular weight is 187 g/mol. The summed E-state index contributed by atoms with van der Waals surface area (Å²) in [6, 6.07) is 0. The van der Waals surface area contributed by atoms with E-state index < -0.39 is 5.67 Å². The van der Waals surface area contributed by atoms with Crippen molar-refractivity contribution in [1.29, 1.82) is 0 Å². The van der Waals surface area contributed by atoms with Crippen LogP contribution in [-0.4, -0.2) is 42.4 Å². The zero-order valence-electron chi connectivity index (χ0n) is 8.48. The van der Waals surface area contributed by atoms with Gasteiger partial charge in [-0.1, -0.05) is 0 Å². The minimum atomic E-state index is -0.989. The van der Waals surface area contributed by atoms with Crippen LogP contribution in [0.25, 0.3) is 0 Å². The fourth-order valence-electron chi connectivity index (χ4n) is 2.24. The highest BCUT2D eigenvalue weighted by atomic mass is 19.1. The Balaban J connectivity index is 2.00. The number of halogens is 1. The van der Waals surface area contributed by atoms with E-state index in [1.165, 1.54) is 0 Å². The molecular weight excluding hydrogens is 169 g/mol. The molecule has 2 fully saturated rings. The summed E-state index contributed by atoms with van der Waals surface area (Å²) in [5, 5.41) is 0. The molecule has 0 saturated carbocycles. The zero-order valence-corrected chi connectivity index (χ0v) is 8.48. The molecule has 2 nitrogen and oxygen atoms in total. The van der Waals surface area contributed by atoms with Gasteiger partial charge in [0.15, 0.2) is 0 Å². The first-order valence-corrected chi connectivity index (χ1v) is 5.04. The standard InChI is InChI=1S/C10H18FNO/c1-9(11)4-3-5-12(6-9)10(2)7-13-8-10/h3-8H2,1-2H3. The molecule has 76 valence electrons. The van der Waals surface area contributed by atoms with Crippen molar-refractivity contribution in [2.75, 3.05) is 26.3 Å². The predicted molar refractivity (Wildman–Crippen MR) is 49.5 cm³/mol. The number of ether oxygens (including phenoxy) is 1. The van der Waals surface area contributed by atoms with Crippen LogP contribution in [0.1, 0.15) is 26.7 Å². The molecule has 0 aromatic rings. The minimum absolute atomic E-state index is 0.119. The number of nitrogens with zero attached hydrogens (tertiary/aromatic N) is 1. The molecule has 0 bridgehead atoms. The lowest BCUT2D eigenvalue weighted by Crippen LogP contribution is -2.64. The first-order valence-electron chi connectivity index (χ1n) is 5.04. The van der Waals surface area contributed by atoms with Crippen molar-refractivity contribution in [1.82, 2.24) is 4.90 Å². The number of hydrogen-bond donors (Lipinski definition) is 0. The van der Waals surface area contributed by atoms with Gasteiger partial charge < -0.3 is 4.74 Å². The molecule has 1 atom stereocenters. The summed E-state index contributed by atoms with van der Waals surface area (Å²) in [5.74, 6) is 0. The molecule has 0 aliphatic carbocycles. The summed E-state index contributed by atoms with van der Waals surface area (Å²) in [5.41, 5.74) is -0.870. The lowest BCUT2D eigenvalue weighted by molar-refractivity contribution is -0.149. The van der Waals surface area contributed by atoms with Gasteiger partial charge in [-0.25, -0.2) is 4.39 Å². The third kappa shape index (κ3) is 1.72. The average Bonchev–Trinajstić information content (AvgIpc) is 1.98. The van der Waals surface area contributed by atoms with Crippen molar-refractivity contribution in [3.05, 3.63) is 0 Å². The molecule has 0 aromatic heterocycles. The van der Waals surface area contributed by atoms with Crippen LogP contribution in [0.15, 0.2) is 0 Å². The Morgan fingerprint density at radius 2 is 2.00 bits per heavy atom. The van der Waals surface area contributed by atoms with E-state index in [2.05, 4.69) is 11.8 Å². The molecule has 2 heterocycles. The maximum absolute atomic E-state index is 13.7. The normalized spacial score (nSPS) is 39.9. The summed E-state index contributed by atoms with van der Waals surface area (Å²) in [4.78, 5) is 2.25. The van der Waals surface area contributed by atoms with E-state index in [-0.39, 0.29) is 5.54 Å². The highest BCUT2D eigenvalue weighted by molar-refractivity contribution is 4.97. The van der Waals surface area contributed by atoms with Crippen molar-refractivity contribution >= 4 is 0 Å². The molecule has 2 rings (SSSR count). The fraction of sp³-hybridized carbons (Fsp3) is 1.00. The van der Waals surface area contributed by atoms with Gasteiger partial charge in [-0.3, -0.25) is 4.90 Å². The Labute approximate surface area is 79.1 Å². The van der Waals surface area contributed by atoms with Crippen molar-refractivity contribution in [3.63, 3.8) is 0 Å². The van der Waals surface area contributed by atoms with Gasteiger partial charge in [0.05, 0.1) is 18.8 Å². The van der Waals surface area contributed by atoms with Crippen molar-refractivity contribution in [2.45, 2.75) is 37.9 Å². The maximum atomic E-state index is 13.7. The van der Waals surface area contributed by atoms with Gasteiger partial charge in [-0.2, -0.15) is 0 Å². The van der Waals surface area contributed by atoms with E-state index in [9.17, 15) is 4.39 Å². The highest BCUT2D eigenvalue weighted by Gasteiger charge is 2.44. The lowest BCUT2D eigenvalue weighted by atomic mass is 9.89. The van der Waals surface area contributed by atoms with Gasteiger partial charge in [-0.15, -0.1) is 0 Å². The van der Waals surface area contributed by atoms with E-state index in [4.69, 9.17) is 4.74 Å². The zero-order chi connectivity index (χ0) is 9.53. The number of piperidine rings is 1. The Morgan fingerprint density at radius 1 is 1.31 bits per heavy atom. The SMILES string of the molecule is CC1(F)CCCN(C2(C)COC2)C1. The molecule has 0 N–H and O–H groups in total. The van der Waals surface area contributed by atoms with Crippen molar-refractivity contribution < 1.29 is 9.13 Å². The third-order valence-electron chi connectivity index (χ3n) is 3.24. The molecule has 1 unspecified atom stereocenters. The number of likely N-dealkylation sites (tertiary alicyclic amines) is 1. The Bertz CT molecular complexity index is 201. The molecule has 3 heteroatoms. The molecular formula is C10H18FNO. The monoisotopic (exact) mass is 187 g/mol. The van der Waals surface area contributed by atoms with Crippen molar-refractivity contribution in [2.24, 2.45) is 0 Å². The van der Waals surface area contributed by atoms with Crippen LogP contribution >= 0.6 is 0 Å². The van der Waals surface area contributed by atoms with Crippen molar-refractivity contribution in [3.8, 4) is 0 Å². The molecule has 2 aliphatic heterocycles. The van der Waals surface area contributed by atoms with Gasteiger partial charge >= 0.3 is 0 Å². The molecule has 0 aromatic carbocycles. The lowest BCUT2D eigenvalue weighted by Gasteiger charge is -2.51. The van der Waals surface area contributed by atoms with Gasteiger partial charge in [0.1, 0.15) is 5.67 Å². The van der Waals surface area contributed by atoms with Gasteiger partial charge in [0, 0.05) is 6.54 Å². The fourth-order valence-corrected chi connectivity index (χ4v) is 2.24. The molecule has 0 amide bonds.